The van der Waals surface area contributed by atoms with Gasteiger partial charge in [-0.1, -0.05) is 41.9 Å². The van der Waals surface area contributed by atoms with Crippen molar-refractivity contribution in [1.82, 2.24) is 5.32 Å². The maximum absolute atomic E-state index is 12.1. The molecule has 1 unspecified atom stereocenters. The van der Waals surface area contributed by atoms with E-state index in [9.17, 15) is 4.79 Å². The molecule has 0 saturated heterocycles. The summed E-state index contributed by atoms with van der Waals surface area (Å²) in [5.41, 5.74) is 0.863. The number of hydrogen-bond donors (Lipinski definition) is 1. The molecule has 5 heteroatoms. The van der Waals surface area contributed by atoms with Gasteiger partial charge in [-0.2, -0.15) is 0 Å². The van der Waals surface area contributed by atoms with Crippen molar-refractivity contribution in [1.29, 1.82) is 0 Å². The van der Waals surface area contributed by atoms with E-state index in [0.29, 0.717) is 23.1 Å². The molecular formula is C17H18ClNO3. The Morgan fingerprint density at radius 2 is 1.77 bits per heavy atom. The van der Waals surface area contributed by atoms with Crippen LogP contribution in [0.1, 0.15) is 12.5 Å². The number of hydrogen-bond acceptors (Lipinski definition) is 3. The van der Waals surface area contributed by atoms with Crippen LogP contribution in [-0.4, -0.2) is 19.1 Å². The van der Waals surface area contributed by atoms with E-state index in [1.165, 1.54) is 0 Å². The number of carbonyl (C=O) groups excluding carboxylic acids is 1. The third kappa shape index (κ3) is 4.15. The van der Waals surface area contributed by atoms with Gasteiger partial charge in [-0.15, -0.1) is 0 Å². The predicted molar refractivity (Wildman–Crippen MR) is 86.4 cm³/mol. The molecule has 2 aromatic carbocycles. The zero-order chi connectivity index (χ0) is 15.9. The van der Waals surface area contributed by atoms with Gasteiger partial charge >= 0.3 is 0 Å². The van der Waals surface area contributed by atoms with Gasteiger partial charge in [-0.3, -0.25) is 4.79 Å². The topological polar surface area (TPSA) is 47.6 Å². The molecule has 0 radical (unpaired) electrons. The maximum Gasteiger partial charge on any atom is 0.261 e. The van der Waals surface area contributed by atoms with Gasteiger partial charge in [-0.25, -0.2) is 0 Å². The molecular weight excluding hydrogens is 302 g/mol. The van der Waals surface area contributed by atoms with Crippen LogP contribution in [0.5, 0.6) is 11.5 Å². The average molecular weight is 320 g/mol. The van der Waals surface area contributed by atoms with E-state index in [0.717, 1.165) is 5.56 Å². The van der Waals surface area contributed by atoms with Gasteiger partial charge in [0.25, 0.3) is 5.91 Å². The molecule has 4 nitrogen and oxygen atoms in total. The molecule has 1 N–H and O–H groups in total. The second kappa shape index (κ2) is 7.71. The third-order valence-electron chi connectivity index (χ3n) is 3.15. The molecule has 0 aliphatic rings. The summed E-state index contributed by atoms with van der Waals surface area (Å²) in [5, 5.41) is 3.43. The van der Waals surface area contributed by atoms with Crippen LogP contribution in [-0.2, 0) is 11.3 Å². The lowest BCUT2D eigenvalue weighted by molar-refractivity contribution is -0.127. The Hall–Kier alpha value is -2.20. The van der Waals surface area contributed by atoms with Crippen LogP contribution in [0.15, 0.2) is 48.5 Å². The standard InChI is InChI=1S/C17H18ClNO3/c1-12(22-16-10-6-5-9-15(16)21-2)17(20)19-11-13-7-3-4-8-14(13)18/h3-10,12H,11H2,1-2H3,(H,19,20). The minimum absolute atomic E-state index is 0.217. The summed E-state index contributed by atoms with van der Waals surface area (Å²) in [6, 6.07) is 14.6. The molecule has 0 bridgehead atoms. The van der Waals surface area contributed by atoms with Crippen LogP contribution in [0.2, 0.25) is 5.02 Å². The largest absolute Gasteiger partial charge is 0.493 e. The smallest absolute Gasteiger partial charge is 0.261 e. The number of amides is 1. The van der Waals surface area contributed by atoms with Gasteiger partial charge in [0.15, 0.2) is 17.6 Å². The predicted octanol–water partition coefficient (Wildman–Crippen LogP) is 3.43. The van der Waals surface area contributed by atoms with Gasteiger partial charge in [0.05, 0.1) is 7.11 Å². The van der Waals surface area contributed by atoms with Gasteiger partial charge < -0.3 is 14.8 Å². The van der Waals surface area contributed by atoms with Crippen LogP contribution in [0.3, 0.4) is 0 Å². The quantitative estimate of drug-likeness (QED) is 0.887. The number of nitrogens with one attached hydrogen (secondary N) is 1. The fourth-order valence-corrected chi connectivity index (χ4v) is 2.13. The summed E-state index contributed by atoms with van der Waals surface area (Å²) in [6.07, 6.45) is -0.640. The van der Waals surface area contributed by atoms with Crippen molar-refractivity contribution >= 4 is 17.5 Å². The summed E-state index contributed by atoms with van der Waals surface area (Å²) >= 11 is 6.06. The molecule has 0 aromatic heterocycles. The fourth-order valence-electron chi connectivity index (χ4n) is 1.93. The van der Waals surface area contributed by atoms with Crippen molar-refractivity contribution in [2.45, 2.75) is 19.6 Å². The van der Waals surface area contributed by atoms with E-state index in [-0.39, 0.29) is 5.91 Å². The van der Waals surface area contributed by atoms with Gasteiger partial charge in [0.2, 0.25) is 0 Å². The highest BCUT2D eigenvalue weighted by Gasteiger charge is 2.16. The first-order valence-electron chi connectivity index (χ1n) is 6.92. The van der Waals surface area contributed by atoms with Crippen LogP contribution < -0.4 is 14.8 Å². The first kappa shape index (κ1) is 16.2. The van der Waals surface area contributed by atoms with E-state index in [2.05, 4.69) is 5.32 Å². The van der Waals surface area contributed by atoms with E-state index in [1.54, 1.807) is 32.2 Å². The Bertz CT molecular complexity index is 645. The van der Waals surface area contributed by atoms with Crippen molar-refractivity contribution in [2.75, 3.05) is 7.11 Å². The monoisotopic (exact) mass is 319 g/mol. The van der Waals surface area contributed by atoms with E-state index >= 15 is 0 Å². The molecule has 0 spiro atoms. The molecule has 0 aliphatic carbocycles. The van der Waals surface area contributed by atoms with E-state index < -0.39 is 6.10 Å². The summed E-state index contributed by atoms with van der Waals surface area (Å²) in [5.74, 6) is 0.907. The highest BCUT2D eigenvalue weighted by atomic mass is 35.5. The number of benzene rings is 2. The molecule has 116 valence electrons. The molecule has 2 aromatic rings. The minimum atomic E-state index is -0.640. The van der Waals surface area contributed by atoms with Crippen molar-refractivity contribution in [3.8, 4) is 11.5 Å². The number of ether oxygens (including phenoxy) is 2. The highest BCUT2D eigenvalue weighted by Crippen LogP contribution is 2.26. The summed E-state index contributed by atoms with van der Waals surface area (Å²) in [4.78, 5) is 12.1. The van der Waals surface area contributed by atoms with Crippen LogP contribution in [0.25, 0.3) is 0 Å². The van der Waals surface area contributed by atoms with Crippen molar-refractivity contribution in [3.63, 3.8) is 0 Å². The third-order valence-corrected chi connectivity index (χ3v) is 3.52. The van der Waals surface area contributed by atoms with Crippen LogP contribution >= 0.6 is 11.6 Å². The lowest BCUT2D eigenvalue weighted by Crippen LogP contribution is -2.36. The lowest BCUT2D eigenvalue weighted by Gasteiger charge is -2.16. The highest BCUT2D eigenvalue weighted by molar-refractivity contribution is 6.31. The normalized spacial score (nSPS) is 11.6. The lowest BCUT2D eigenvalue weighted by atomic mass is 10.2. The van der Waals surface area contributed by atoms with Crippen LogP contribution in [0.4, 0.5) is 0 Å². The average Bonchev–Trinajstić information content (AvgIpc) is 2.54. The van der Waals surface area contributed by atoms with Crippen molar-refractivity contribution in [3.05, 3.63) is 59.1 Å². The van der Waals surface area contributed by atoms with Crippen molar-refractivity contribution < 1.29 is 14.3 Å². The molecule has 0 saturated carbocycles. The number of methoxy groups -OCH3 is 1. The van der Waals surface area contributed by atoms with E-state index in [1.807, 2.05) is 30.3 Å². The number of carbonyl (C=O) groups is 1. The fraction of sp³-hybridized carbons (Fsp3) is 0.235. The number of rotatable bonds is 6. The zero-order valence-electron chi connectivity index (χ0n) is 12.5. The second-order valence-corrected chi connectivity index (χ2v) is 5.13. The zero-order valence-corrected chi connectivity index (χ0v) is 13.3. The Morgan fingerprint density at radius 1 is 1.14 bits per heavy atom. The number of para-hydroxylation sites is 2. The molecule has 0 fully saturated rings. The Balaban J connectivity index is 1.94. The summed E-state index contributed by atoms with van der Waals surface area (Å²) in [6.45, 7) is 2.05. The molecule has 1 amide bonds. The van der Waals surface area contributed by atoms with Gasteiger partial charge in [0, 0.05) is 11.6 Å². The summed E-state index contributed by atoms with van der Waals surface area (Å²) in [7, 11) is 1.56. The molecule has 1 atom stereocenters. The first-order valence-corrected chi connectivity index (χ1v) is 7.30. The number of halogens is 1. The van der Waals surface area contributed by atoms with Gasteiger partial charge in [-0.05, 0) is 30.7 Å². The first-order chi connectivity index (χ1) is 10.6. The van der Waals surface area contributed by atoms with Gasteiger partial charge in [0.1, 0.15) is 0 Å². The maximum atomic E-state index is 12.1. The molecule has 0 aliphatic heterocycles. The van der Waals surface area contributed by atoms with Crippen LogP contribution in [0, 0.1) is 0 Å². The minimum Gasteiger partial charge on any atom is -0.493 e. The van der Waals surface area contributed by atoms with E-state index in [4.69, 9.17) is 21.1 Å². The SMILES string of the molecule is COc1ccccc1OC(C)C(=O)NCc1ccccc1Cl. The second-order valence-electron chi connectivity index (χ2n) is 4.72. The Kier molecular flexibility index (Phi) is 5.67. The van der Waals surface area contributed by atoms with Crippen molar-refractivity contribution in [2.24, 2.45) is 0 Å². The Labute approximate surface area is 135 Å². The molecule has 22 heavy (non-hydrogen) atoms. The molecule has 0 heterocycles. The Morgan fingerprint density at radius 3 is 2.45 bits per heavy atom. The summed E-state index contributed by atoms with van der Waals surface area (Å²) < 4.78 is 10.8. The molecule has 2 rings (SSSR count).